The summed E-state index contributed by atoms with van der Waals surface area (Å²) < 4.78 is 13.1. The number of hydrogen-bond acceptors (Lipinski definition) is 5. The van der Waals surface area contributed by atoms with Gasteiger partial charge in [0.05, 0.1) is 17.2 Å². The van der Waals surface area contributed by atoms with Crippen LogP contribution < -0.4 is 10.5 Å². The maximum Gasteiger partial charge on any atom is 0.252 e. The molecule has 5 rings (SSSR count). The van der Waals surface area contributed by atoms with E-state index in [1.54, 1.807) is 6.07 Å². The van der Waals surface area contributed by atoms with Gasteiger partial charge in [-0.05, 0) is 55.5 Å². The van der Waals surface area contributed by atoms with Gasteiger partial charge in [-0.15, -0.1) is 0 Å². The van der Waals surface area contributed by atoms with Crippen LogP contribution >= 0.6 is 0 Å². The molecular weight excluding hydrogens is 369 g/mol. The van der Waals surface area contributed by atoms with Crippen LogP contribution in [-0.2, 0) is 6.54 Å². The lowest BCUT2D eigenvalue weighted by atomic mass is 10.1. The molecule has 0 radical (unpaired) electrons. The first-order valence-electron chi connectivity index (χ1n) is 10.2. The Balaban J connectivity index is 1.29. The molecule has 1 N–H and O–H groups in total. The van der Waals surface area contributed by atoms with E-state index < -0.39 is 0 Å². The van der Waals surface area contributed by atoms with Crippen LogP contribution in [0.3, 0.4) is 0 Å². The Morgan fingerprint density at radius 1 is 1.17 bits per heavy atom. The number of piperazine rings is 1. The van der Waals surface area contributed by atoms with E-state index in [1.807, 2.05) is 18.3 Å². The summed E-state index contributed by atoms with van der Waals surface area (Å²) in [6, 6.07) is 7.46. The van der Waals surface area contributed by atoms with Crippen LogP contribution in [0, 0.1) is 5.82 Å². The lowest BCUT2D eigenvalue weighted by molar-refractivity contribution is 0.220. The topological polar surface area (TPSA) is 65.1 Å². The van der Waals surface area contributed by atoms with Gasteiger partial charge in [0.15, 0.2) is 0 Å². The second kappa shape index (κ2) is 7.22. The number of pyridine rings is 3. The predicted octanol–water partition coefficient (Wildman–Crippen LogP) is 3.05. The Hall–Kier alpha value is -2.80. The van der Waals surface area contributed by atoms with Crippen LogP contribution in [0.1, 0.15) is 36.8 Å². The third-order valence-electron chi connectivity index (χ3n) is 5.92. The minimum atomic E-state index is -0.314. The van der Waals surface area contributed by atoms with Crippen molar-refractivity contribution in [2.24, 2.45) is 0 Å². The second-order valence-electron chi connectivity index (χ2n) is 8.22. The monoisotopic (exact) mass is 393 g/mol. The van der Waals surface area contributed by atoms with Gasteiger partial charge in [-0.1, -0.05) is 0 Å². The summed E-state index contributed by atoms with van der Waals surface area (Å²) in [6.45, 7) is 5.55. The molecule has 1 saturated heterocycles. The van der Waals surface area contributed by atoms with Crippen molar-refractivity contribution < 1.29 is 4.39 Å². The van der Waals surface area contributed by atoms with Crippen LogP contribution in [0.5, 0.6) is 0 Å². The van der Waals surface area contributed by atoms with E-state index in [9.17, 15) is 9.18 Å². The van der Waals surface area contributed by atoms with Crippen molar-refractivity contribution in [2.45, 2.75) is 38.3 Å². The van der Waals surface area contributed by atoms with Gasteiger partial charge in [0.2, 0.25) is 0 Å². The van der Waals surface area contributed by atoms with E-state index in [4.69, 9.17) is 0 Å². The molecule has 1 aliphatic heterocycles. The number of rotatable bonds is 4. The molecule has 0 aromatic carbocycles. The number of fused-ring (bicyclic) bond motifs is 1. The zero-order chi connectivity index (χ0) is 20.0. The van der Waals surface area contributed by atoms with Crippen LogP contribution in [-0.4, -0.2) is 45.5 Å². The standard InChI is InChI=1S/C22H24FN5O/c1-14-12-27(6-7-28(14)21-5-4-17(23)11-25-21)13-15-8-20-19(24-10-15)9-18(16-2-3-16)22(29)26-20/h4-5,8-11,14,16H,2-3,6-7,12-13H2,1H3,(H,26,29)/t14-/m1/s1. The minimum Gasteiger partial charge on any atom is -0.351 e. The smallest absolute Gasteiger partial charge is 0.252 e. The number of aromatic amines is 1. The summed E-state index contributed by atoms with van der Waals surface area (Å²) in [5.74, 6) is 0.916. The molecule has 2 aliphatic rings. The minimum absolute atomic E-state index is 0.0213. The third-order valence-corrected chi connectivity index (χ3v) is 5.92. The molecule has 1 saturated carbocycles. The Kier molecular flexibility index (Phi) is 4.54. The summed E-state index contributed by atoms with van der Waals surface area (Å²) in [7, 11) is 0. The Morgan fingerprint density at radius 3 is 2.76 bits per heavy atom. The van der Waals surface area contributed by atoms with Gasteiger partial charge in [-0.25, -0.2) is 9.37 Å². The largest absolute Gasteiger partial charge is 0.351 e. The van der Waals surface area contributed by atoms with E-state index in [1.165, 1.54) is 12.3 Å². The summed E-state index contributed by atoms with van der Waals surface area (Å²) in [6.07, 6.45) is 5.38. The lowest BCUT2D eigenvalue weighted by Gasteiger charge is -2.40. The summed E-state index contributed by atoms with van der Waals surface area (Å²) in [5, 5.41) is 0. The van der Waals surface area contributed by atoms with Crippen molar-refractivity contribution in [1.82, 2.24) is 19.9 Å². The summed E-state index contributed by atoms with van der Waals surface area (Å²) >= 11 is 0. The molecule has 0 amide bonds. The average Bonchev–Trinajstić information content (AvgIpc) is 3.54. The molecule has 150 valence electrons. The van der Waals surface area contributed by atoms with E-state index in [-0.39, 0.29) is 17.4 Å². The Labute approximate surface area is 168 Å². The molecule has 3 aromatic heterocycles. The molecule has 0 spiro atoms. The Bertz CT molecular complexity index is 1090. The summed E-state index contributed by atoms with van der Waals surface area (Å²) in [5.41, 5.74) is 3.65. The van der Waals surface area contributed by atoms with E-state index in [0.29, 0.717) is 5.92 Å². The zero-order valence-electron chi connectivity index (χ0n) is 16.4. The van der Waals surface area contributed by atoms with Crippen molar-refractivity contribution in [3.05, 3.63) is 64.0 Å². The predicted molar refractivity (Wildman–Crippen MR) is 111 cm³/mol. The van der Waals surface area contributed by atoms with Gasteiger partial charge >= 0.3 is 0 Å². The van der Waals surface area contributed by atoms with Crippen LogP contribution in [0.15, 0.2) is 41.5 Å². The van der Waals surface area contributed by atoms with Crippen LogP contribution in [0.4, 0.5) is 10.2 Å². The van der Waals surface area contributed by atoms with Crippen molar-refractivity contribution in [3.63, 3.8) is 0 Å². The van der Waals surface area contributed by atoms with Crippen molar-refractivity contribution >= 4 is 16.9 Å². The fraction of sp³-hybridized carbons (Fsp3) is 0.409. The van der Waals surface area contributed by atoms with Gasteiger partial charge < -0.3 is 9.88 Å². The average molecular weight is 393 g/mol. The number of anilines is 1. The first-order valence-corrected chi connectivity index (χ1v) is 10.2. The number of aromatic nitrogens is 3. The van der Waals surface area contributed by atoms with Gasteiger partial charge in [0.1, 0.15) is 11.6 Å². The molecule has 1 aliphatic carbocycles. The molecule has 4 heterocycles. The normalized spacial score (nSPS) is 20.3. The first kappa shape index (κ1) is 18.2. The highest BCUT2D eigenvalue weighted by atomic mass is 19.1. The molecule has 2 fully saturated rings. The summed E-state index contributed by atoms with van der Waals surface area (Å²) in [4.78, 5) is 28.7. The highest BCUT2D eigenvalue weighted by Crippen LogP contribution is 2.38. The van der Waals surface area contributed by atoms with Crippen molar-refractivity contribution in [1.29, 1.82) is 0 Å². The first-order chi connectivity index (χ1) is 14.1. The second-order valence-corrected chi connectivity index (χ2v) is 8.22. The molecule has 0 unspecified atom stereocenters. The number of H-pyrrole nitrogens is 1. The van der Waals surface area contributed by atoms with Crippen LogP contribution in [0.2, 0.25) is 0 Å². The van der Waals surface area contributed by atoms with Crippen molar-refractivity contribution in [2.75, 3.05) is 24.5 Å². The zero-order valence-corrected chi connectivity index (χ0v) is 16.4. The van der Waals surface area contributed by atoms with Gasteiger partial charge in [-0.2, -0.15) is 0 Å². The third kappa shape index (κ3) is 3.74. The van der Waals surface area contributed by atoms with Gasteiger partial charge in [0.25, 0.3) is 5.56 Å². The number of nitrogens with one attached hydrogen (secondary N) is 1. The number of hydrogen-bond donors (Lipinski definition) is 1. The quantitative estimate of drug-likeness (QED) is 0.738. The maximum absolute atomic E-state index is 13.1. The van der Waals surface area contributed by atoms with E-state index in [2.05, 4.69) is 31.7 Å². The van der Waals surface area contributed by atoms with Gasteiger partial charge in [0, 0.05) is 44.0 Å². The Morgan fingerprint density at radius 2 is 2.03 bits per heavy atom. The lowest BCUT2D eigenvalue weighted by Crippen LogP contribution is -2.51. The van der Waals surface area contributed by atoms with Gasteiger partial charge in [-0.3, -0.25) is 14.7 Å². The molecule has 29 heavy (non-hydrogen) atoms. The number of nitrogens with zero attached hydrogens (tertiary/aromatic N) is 4. The molecule has 6 nitrogen and oxygen atoms in total. The van der Waals surface area contributed by atoms with E-state index >= 15 is 0 Å². The van der Waals surface area contributed by atoms with Crippen molar-refractivity contribution in [3.8, 4) is 0 Å². The molecule has 7 heteroatoms. The number of halogens is 1. The molecule has 1 atom stereocenters. The SMILES string of the molecule is C[C@@H]1CN(Cc2cnc3cc(C4CC4)c(=O)[nH]c3c2)CCN1c1ccc(F)cn1. The molecular formula is C22H24FN5O. The molecule has 0 bridgehead atoms. The van der Waals surface area contributed by atoms with E-state index in [0.717, 1.165) is 67.0 Å². The highest BCUT2D eigenvalue weighted by Gasteiger charge is 2.27. The fourth-order valence-electron chi connectivity index (χ4n) is 4.24. The van der Waals surface area contributed by atoms with Crippen LogP contribution in [0.25, 0.3) is 11.0 Å². The molecule has 3 aromatic rings. The fourth-order valence-corrected chi connectivity index (χ4v) is 4.24. The maximum atomic E-state index is 13.1. The highest BCUT2D eigenvalue weighted by molar-refractivity contribution is 5.75.